The maximum Gasteiger partial charge on any atom is 0.0292 e. The Bertz CT molecular complexity index is 166. The number of rotatable bonds is 4. The van der Waals surface area contributed by atoms with Gasteiger partial charge in [0.15, 0.2) is 0 Å². The van der Waals surface area contributed by atoms with Crippen molar-refractivity contribution >= 4 is 0 Å². The van der Waals surface area contributed by atoms with Crippen LogP contribution in [0, 0.1) is 0 Å². The van der Waals surface area contributed by atoms with Gasteiger partial charge in [-0.2, -0.15) is 0 Å². The van der Waals surface area contributed by atoms with Crippen molar-refractivity contribution in [2.24, 2.45) is 0 Å². The minimum atomic E-state index is 0.497. The maximum absolute atomic E-state index is 3.90. The average molecular weight is 151 g/mol. The van der Waals surface area contributed by atoms with Crippen LogP contribution in [0.1, 0.15) is 13.8 Å². The van der Waals surface area contributed by atoms with Gasteiger partial charge in [0.1, 0.15) is 0 Å². The third-order valence-electron chi connectivity index (χ3n) is 1.65. The maximum atomic E-state index is 3.90. The van der Waals surface area contributed by atoms with E-state index in [1.54, 1.807) is 6.08 Å². The average Bonchev–Trinajstić information content (AvgIpc) is 1.98. The number of hydrogen-bond acceptors (Lipinski definition) is 1. The Morgan fingerprint density at radius 1 is 1.45 bits per heavy atom. The smallest absolute Gasteiger partial charge is 0.0292 e. The molecule has 0 atom stereocenters. The zero-order chi connectivity index (χ0) is 8.85. The first-order valence-corrected chi connectivity index (χ1v) is 3.80. The van der Waals surface area contributed by atoms with Crippen LogP contribution in [0.5, 0.6) is 0 Å². The Hall–Kier alpha value is -0.980. The molecule has 0 saturated carbocycles. The molecule has 1 heteroatoms. The molecule has 0 N–H and O–H groups in total. The summed E-state index contributed by atoms with van der Waals surface area (Å²) < 4.78 is 0. The molecule has 0 heterocycles. The van der Waals surface area contributed by atoms with Crippen molar-refractivity contribution in [2.45, 2.75) is 19.9 Å². The predicted molar refractivity (Wildman–Crippen MR) is 51.4 cm³/mol. The van der Waals surface area contributed by atoms with Crippen LogP contribution in [0.4, 0.5) is 0 Å². The van der Waals surface area contributed by atoms with E-state index in [4.69, 9.17) is 0 Å². The van der Waals surface area contributed by atoms with Crippen molar-refractivity contribution in [2.75, 3.05) is 7.05 Å². The van der Waals surface area contributed by atoms with E-state index in [-0.39, 0.29) is 0 Å². The van der Waals surface area contributed by atoms with Gasteiger partial charge in [0.05, 0.1) is 0 Å². The normalized spacial score (nSPS) is 10.5. The van der Waals surface area contributed by atoms with Crippen molar-refractivity contribution in [3.63, 3.8) is 0 Å². The van der Waals surface area contributed by atoms with Crippen LogP contribution in [-0.4, -0.2) is 18.0 Å². The molecule has 0 spiro atoms. The number of allylic oxidation sites excluding steroid dienone is 3. The summed E-state index contributed by atoms with van der Waals surface area (Å²) in [6.45, 7) is 11.8. The molecule has 0 bridgehead atoms. The molecule has 0 aliphatic rings. The van der Waals surface area contributed by atoms with Crippen LogP contribution in [-0.2, 0) is 0 Å². The summed E-state index contributed by atoms with van der Waals surface area (Å²) in [5.74, 6) is 0. The van der Waals surface area contributed by atoms with Gasteiger partial charge in [-0.1, -0.05) is 25.3 Å². The molecule has 0 aliphatic carbocycles. The van der Waals surface area contributed by atoms with E-state index in [1.165, 1.54) is 0 Å². The second-order valence-corrected chi connectivity index (χ2v) is 2.79. The Balaban J connectivity index is 4.03. The van der Waals surface area contributed by atoms with Crippen molar-refractivity contribution in [1.82, 2.24) is 4.90 Å². The van der Waals surface area contributed by atoms with E-state index < -0.39 is 0 Å². The Kier molecular flexibility index (Phi) is 4.35. The SMILES string of the molecule is C=C/C=C\C(=C)N(C)C(C)C. The van der Waals surface area contributed by atoms with Crippen molar-refractivity contribution in [3.05, 3.63) is 37.1 Å². The van der Waals surface area contributed by atoms with Gasteiger partial charge in [0.2, 0.25) is 0 Å². The van der Waals surface area contributed by atoms with Gasteiger partial charge in [-0.25, -0.2) is 0 Å². The molecule has 11 heavy (non-hydrogen) atoms. The second kappa shape index (κ2) is 4.78. The zero-order valence-electron chi connectivity index (χ0n) is 7.67. The van der Waals surface area contributed by atoms with E-state index in [0.717, 1.165) is 5.70 Å². The van der Waals surface area contributed by atoms with Crippen LogP contribution in [0.2, 0.25) is 0 Å². The Morgan fingerprint density at radius 3 is 2.36 bits per heavy atom. The van der Waals surface area contributed by atoms with Gasteiger partial charge in [0, 0.05) is 18.8 Å². The van der Waals surface area contributed by atoms with Crippen molar-refractivity contribution in [3.8, 4) is 0 Å². The third kappa shape index (κ3) is 3.66. The third-order valence-corrected chi connectivity index (χ3v) is 1.65. The fourth-order valence-electron chi connectivity index (χ4n) is 0.628. The molecule has 0 aromatic heterocycles. The van der Waals surface area contributed by atoms with E-state index in [0.29, 0.717) is 6.04 Å². The van der Waals surface area contributed by atoms with Gasteiger partial charge < -0.3 is 4.90 Å². The van der Waals surface area contributed by atoms with Crippen molar-refractivity contribution < 1.29 is 0 Å². The fraction of sp³-hybridized carbons (Fsp3) is 0.400. The minimum absolute atomic E-state index is 0.497. The lowest BCUT2D eigenvalue weighted by Crippen LogP contribution is -2.23. The highest BCUT2D eigenvalue weighted by Crippen LogP contribution is 2.04. The standard InChI is InChI=1S/C10H17N/c1-6-7-8-10(4)11(5)9(2)3/h6-9H,1,4H2,2-3,5H3/b8-7-. The largest absolute Gasteiger partial charge is 0.373 e. The molecular weight excluding hydrogens is 134 g/mol. The molecule has 62 valence electrons. The summed E-state index contributed by atoms with van der Waals surface area (Å²) in [7, 11) is 2.03. The van der Waals surface area contributed by atoms with Gasteiger partial charge in [-0.3, -0.25) is 0 Å². The topological polar surface area (TPSA) is 3.24 Å². The molecule has 1 nitrogen and oxygen atoms in total. The monoisotopic (exact) mass is 151 g/mol. The first-order valence-electron chi connectivity index (χ1n) is 3.80. The summed E-state index contributed by atoms with van der Waals surface area (Å²) in [6.07, 6.45) is 5.59. The van der Waals surface area contributed by atoms with E-state index in [2.05, 4.69) is 31.9 Å². The molecule has 0 aliphatic heterocycles. The van der Waals surface area contributed by atoms with E-state index in [9.17, 15) is 0 Å². The molecule has 0 amide bonds. The molecule has 0 aromatic carbocycles. The molecule has 0 unspecified atom stereocenters. The Labute approximate surface area is 69.7 Å². The second-order valence-electron chi connectivity index (χ2n) is 2.79. The molecular formula is C10H17N. The van der Waals surface area contributed by atoms with Gasteiger partial charge in [0.25, 0.3) is 0 Å². The summed E-state index contributed by atoms with van der Waals surface area (Å²) in [5.41, 5.74) is 1.01. The lowest BCUT2D eigenvalue weighted by atomic mass is 10.3. The van der Waals surface area contributed by atoms with Gasteiger partial charge in [-0.15, -0.1) is 0 Å². The van der Waals surface area contributed by atoms with Gasteiger partial charge in [-0.05, 0) is 19.9 Å². The molecule has 0 fully saturated rings. The van der Waals surface area contributed by atoms with Crippen LogP contribution >= 0.6 is 0 Å². The van der Waals surface area contributed by atoms with Crippen LogP contribution in [0.15, 0.2) is 37.1 Å². The summed E-state index contributed by atoms with van der Waals surface area (Å²) in [5, 5.41) is 0. The van der Waals surface area contributed by atoms with Crippen LogP contribution in [0.25, 0.3) is 0 Å². The predicted octanol–water partition coefficient (Wildman–Crippen LogP) is 2.58. The van der Waals surface area contributed by atoms with Gasteiger partial charge >= 0.3 is 0 Å². The minimum Gasteiger partial charge on any atom is -0.373 e. The Morgan fingerprint density at radius 2 is 2.00 bits per heavy atom. The molecule has 0 saturated heterocycles. The first kappa shape index (κ1) is 10.0. The summed E-state index contributed by atoms with van der Waals surface area (Å²) in [6, 6.07) is 0.497. The highest BCUT2D eigenvalue weighted by Gasteiger charge is 2.01. The van der Waals surface area contributed by atoms with Crippen LogP contribution < -0.4 is 0 Å². The highest BCUT2D eigenvalue weighted by molar-refractivity contribution is 5.17. The zero-order valence-corrected chi connectivity index (χ0v) is 7.67. The van der Waals surface area contributed by atoms with E-state index in [1.807, 2.05) is 19.2 Å². The number of nitrogens with zero attached hydrogens (tertiary/aromatic N) is 1. The number of hydrogen-bond donors (Lipinski definition) is 0. The quantitative estimate of drug-likeness (QED) is 0.558. The van der Waals surface area contributed by atoms with E-state index >= 15 is 0 Å². The van der Waals surface area contributed by atoms with Crippen molar-refractivity contribution in [1.29, 1.82) is 0 Å². The molecule has 0 aromatic rings. The first-order chi connectivity index (χ1) is 5.09. The summed E-state index contributed by atoms with van der Waals surface area (Å²) in [4.78, 5) is 2.11. The number of likely N-dealkylation sites (N-methyl/N-ethyl adjacent to an activating group) is 1. The lowest BCUT2D eigenvalue weighted by molar-refractivity contribution is 0.356. The molecule has 0 rings (SSSR count). The lowest BCUT2D eigenvalue weighted by Gasteiger charge is -2.23. The summed E-state index contributed by atoms with van der Waals surface area (Å²) >= 11 is 0. The molecule has 0 radical (unpaired) electrons. The highest BCUT2D eigenvalue weighted by atomic mass is 15.1. The van der Waals surface area contributed by atoms with Crippen LogP contribution in [0.3, 0.4) is 0 Å². The fourth-order valence-corrected chi connectivity index (χ4v) is 0.628.